The van der Waals surface area contributed by atoms with E-state index in [0.29, 0.717) is 27.8 Å². The number of ether oxygens (including phenoxy) is 2. The molecular formula is C17H20ClN3O3. The first kappa shape index (κ1) is 17.9. The molecule has 0 unspecified atom stereocenters. The Bertz CT molecular complexity index is 705. The zero-order valence-electron chi connectivity index (χ0n) is 13.9. The summed E-state index contributed by atoms with van der Waals surface area (Å²) in [6.45, 7) is 2.91. The molecule has 1 aromatic carbocycles. The number of anilines is 2. The Balaban J connectivity index is 2.17. The first-order valence-corrected chi connectivity index (χ1v) is 7.89. The number of rotatable bonds is 7. The lowest BCUT2D eigenvalue weighted by molar-refractivity contribution is 0.102. The monoisotopic (exact) mass is 349 g/mol. The van der Waals surface area contributed by atoms with Gasteiger partial charge in [-0.3, -0.25) is 4.79 Å². The molecule has 1 aromatic heterocycles. The number of nitrogens with zero attached hydrogens (tertiary/aromatic N) is 1. The van der Waals surface area contributed by atoms with Crippen LogP contribution in [0.4, 0.5) is 11.5 Å². The van der Waals surface area contributed by atoms with Crippen LogP contribution in [0.1, 0.15) is 23.7 Å². The van der Waals surface area contributed by atoms with E-state index in [9.17, 15) is 4.79 Å². The number of nitrogens with one attached hydrogen (secondary N) is 2. The Labute approximate surface area is 146 Å². The predicted molar refractivity (Wildman–Crippen MR) is 95.5 cm³/mol. The van der Waals surface area contributed by atoms with Gasteiger partial charge in [-0.15, -0.1) is 0 Å². The number of halogens is 1. The van der Waals surface area contributed by atoms with Crippen LogP contribution in [0, 0.1) is 0 Å². The normalized spacial score (nSPS) is 10.2. The van der Waals surface area contributed by atoms with E-state index in [0.717, 1.165) is 18.8 Å². The second kappa shape index (κ2) is 8.40. The third kappa shape index (κ3) is 4.29. The van der Waals surface area contributed by atoms with Gasteiger partial charge in [-0.1, -0.05) is 18.5 Å². The van der Waals surface area contributed by atoms with Crippen molar-refractivity contribution in [3.8, 4) is 11.5 Å². The van der Waals surface area contributed by atoms with Crippen LogP contribution in [0.5, 0.6) is 11.5 Å². The summed E-state index contributed by atoms with van der Waals surface area (Å²) < 4.78 is 10.4. The Morgan fingerprint density at radius 2 is 1.96 bits per heavy atom. The maximum atomic E-state index is 12.4. The summed E-state index contributed by atoms with van der Waals surface area (Å²) in [5, 5.41) is 6.34. The van der Waals surface area contributed by atoms with Crippen molar-refractivity contribution in [1.29, 1.82) is 0 Å². The molecule has 0 aliphatic rings. The number of methoxy groups -OCH3 is 2. The van der Waals surface area contributed by atoms with Gasteiger partial charge in [0.25, 0.3) is 5.91 Å². The van der Waals surface area contributed by atoms with Gasteiger partial charge < -0.3 is 20.1 Å². The van der Waals surface area contributed by atoms with Crippen molar-refractivity contribution in [2.45, 2.75) is 13.3 Å². The summed E-state index contributed by atoms with van der Waals surface area (Å²) in [6, 6.07) is 6.68. The number of hydrogen-bond acceptors (Lipinski definition) is 5. The van der Waals surface area contributed by atoms with Crippen LogP contribution in [-0.4, -0.2) is 31.7 Å². The fourth-order valence-corrected chi connectivity index (χ4v) is 2.27. The molecule has 0 aliphatic heterocycles. The van der Waals surface area contributed by atoms with E-state index in [4.69, 9.17) is 21.1 Å². The van der Waals surface area contributed by atoms with Gasteiger partial charge in [-0.2, -0.15) is 0 Å². The highest BCUT2D eigenvalue weighted by atomic mass is 35.5. The maximum Gasteiger partial charge on any atom is 0.257 e. The molecule has 2 N–H and O–H groups in total. The molecule has 0 fully saturated rings. The highest BCUT2D eigenvalue weighted by Gasteiger charge is 2.14. The van der Waals surface area contributed by atoms with Crippen molar-refractivity contribution in [2.75, 3.05) is 31.4 Å². The van der Waals surface area contributed by atoms with Gasteiger partial charge >= 0.3 is 0 Å². The van der Waals surface area contributed by atoms with E-state index < -0.39 is 0 Å². The Morgan fingerprint density at radius 3 is 2.54 bits per heavy atom. The highest BCUT2D eigenvalue weighted by molar-refractivity contribution is 6.32. The number of amides is 1. The Hall–Kier alpha value is -2.47. The number of aromatic nitrogens is 1. The zero-order chi connectivity index (χ0) is 17.5. The first-order chi connectivity index (χ1) is 11.6. The van der Waals surface area contributed by atoms with Gasteiger partial charge in [0.05, 0.1) is 30.5 Å². The minimum atomic E-state index is -0.299. The minimum Gasteiger partial charge on any atom is -0.495 e. The van der Waals surface area contributed by atoms with E-state index in [1.807, 2.05) is 0 Å². The number of benzene rings is 1. The number of pyridine rings is 1. The van der Waals surface area contributed by atoms with E-state index in [1.165, 1.54) is 20.4 Å². The largest absolute Gasteiger partial charge is 0.495 e. The average Bonchev–Trinajstić information content (AvgIpc) is 2.61. The van der Waals surface area contributed by atoms with E-state index in [1.54, 1.807) is 24.3 Å². The molecule has 1 heterocycles. The van der Waals surface area contributed by atoms with Gasteiger partial charge in [0.15, 0.2) is 0 Å². The lowest BCUT2D eigenvalue weighted by atomic mass is 10.2. The SMILES string of the molecule is CCCNc1ccc(C(=O)Nc2cc(OC)c(Cl)cc2OC)cn1. The molecule has 0 aliphatic carbocycles. The molecule has 0 bridgehead atoms. The molecule has 0 saturated heterocycles. The van der Waals surface area contributed by atoms with Crippen LogP contribution in [0.25, 0.3) is 0 Å². The van der Waals surface area contributed by atoms with Crippen molar-refractivity contribution in [3.05, 3.63) is 41.0 Å². The highest BCUT2D eigenvalue weighted by Crippen LogP contribution is 2.36. The van der Waals surface area contributed by atoms with Crippen LogP contribution >= 0.6 is 11.6 Å². The molecular weight excluding hydrogens is 330 g/mol. The van der Waals surface area contributed by atoms with Crippen LogP contribution in [0.15, 0.2) is 30.5 Å². The van der Waals surface area contributed by atoms with Crippen LogP contribution < -0.4 is 20.1 Å². The average molecular weight is 350 g/mol. The van der Waals surface area contributed by atoms with Crippen LogP contribution in [0.2, 0.25) is 5.02 Å². The maximum absolute atomic E-state index is 12.4. The van der Waals surface area contributed by atoms with Gasteiger partial charge in [0, 0.05) is 24.9 Å². The molecule has 128 valence electrons. The summed E-state index contributed by atoms with van der Waals surface area (Å²) >= 11 is 6.06. The summed E-state index contributed by atoms with van der Waals surface area (Å²) in [5.41, 5.74) is 0.907. The summed E-state index contributed by atoms with van der Waals surface area (Å²) in [4.78, 5) is 16.6. The number of carbonyl (C=O) groups excluding carboxylic acids is 1. The van der Waals surface area contributed by atoms with Crippen LogP contribution in [-0.2, 0) is 0 Å². The third-order valence-corrected chi connectivity index (χ3v) is 3.60. The molecule has 24 heavy (non-hydrogen) atoms. The van der Waals surface area contributed by atoms with E-state index in [2.05, 4.69) is 22.5 Å². The van der Waals surface area contributed by atoms with Gasteiger partial charge in [-0.25, -0.2) is 4.98 Å². The molecule has 2 aromatic rings. The van der Waals surface area contributed by atoms with Crippen molar-refractivity contribution >= 4 is 29.0 Å². The topological polar surface area (TPSA) is 72.5 Å². The van der Waals surface area contributed by atoms with E-state index >= 15 is 0 Å². The summed E-state index contributed by atoms with van der Waals surface area (Å²) in [7, 11) is 3.01. The first-order valence-electron chi connectivity index (χ1n) is 7.51. The quantitative estimate of drug-likeness (QED) is 0.794. The number of carbonyl (C=O) groups is 1. The predicted octanol–water partition coefficient (Wildman–Crippen LogP) is 3.83. The lowest BCUT2D eigenvalue weighted by Crippen LogP contribution is -2.13. The standard InChI is InChI=1S/C17H20ClN3O3/c1-4-7-19-16-6-5-11(10-20-16)17(22)21-13-9-14(23-2)12(18)8-15(13)24-3/h5-6,8-10H,4,7H2,1-3H3,(H,19,20)(H,21,22). The minimum absolute atomic E-state index is 0.299. The molecule has 2 rings (SSSR count). The lowest BCUT2D eigenvalue weighted by Gasteiger charge is -2.13. The zero-order valence-corrected chi connectivity index (χ0v) is 14.6. The molecule has 1 amide bonds. The Morgan fingerprint density at radius 1 is 1.21 bits per heavy atom. The van der Waals surface area contributed by atoms with Gasteiger partial charge in [0.1, 0.15) is 17.3 Å². The second-order valence-corrected chi connectivity index (χ2v) is 5.41. The van der Waals surface area contributed by atoms with Crippen molar-refractivity contribution < 1.29 is 14.3 Å². The van der Waals surface area contributed by atoms with E-state index in [-0.39, 0.29) is 5.91 Å². The van der Waals surface area contributed by atoms with Gasteiger partial charge in [-0.05, 0) is 18.6 Å². The molecule has 6 nitrogen and oxygen atoms in total. The molecule has 0 radical (unpaired) electrons. The summed E-state index contributed by atoms with van der Waals surface area (Å²) in [5.74, 6) is 1.33. The fourth-order valence-electron chi connectivity index (χ4n) is 2.04. The Kier molecular flexibility index (Phi) is 6.26. The van der Waals surface area contributed by atoms with Crippen LogP contribution in [0.3, 0.4) is 0 Å². The van der Waals surface area contributed by atoms with Gasteiger partial charge in [0.2, 0.25) is 0 Å². The fraction of sp³-hybridized carbons (Fsp3) is 0.294. The molecule has 0 saturated carbocycles. The number of hydrogen-bond donors (Lipinski definition) is 2. The second-order valence-electron chi connectivity index (χ2n) is 5.00. The van der Waals surface area contributed by atoms with Crippen molar-refractivity contribution in [3.63, 3.8) is 0 Å². The molecule has 0 atom stereocenters. The molecule has 7 heteroatoms. The summed E-state index contributed by atoms with van der Waals surface area (Å²) in [6.07, 6.45) is 2.52. The third-order valence-electron chi connectivity index (χ3n) is 3.30. The van der Waals surface area contributed by atoms with Crippen molar-refractivity contribution in [2.24, 2.45) is 0 Å². The molecule has 0 spiro atoms. The smallest absolute Gasteiger partial charge is 0.257 e. The van der Waals surface area contributed by atoms with Crippen molar-refractivity contribution in [1.82, 2.24) is 4.98 Å².